The van der Waals surface area contributed by atoms with E-state index in [0.29, 0.717) is 0 Å². The van der Waals surface area contributed by atoms with Crippen LogP contribution < -0.4 is 10.6 Å². The predicted octanol–water partition coefficient (Wildman–Crippen LogP) is 2.10. The molecule has 2 N–H and O–H groups in total. The Balaban J connectivity index is 2.30. The monoisotopic (exact) mass is 246 g/mol. The van der Waals surface area contributed by atoms with E-state index in [2.05, 4.69) is 32.6 Å². The standard InChI is InChI=1S/C12H18N6/c1-5-18-7-6-10(17-18)16-12-8(2)11(13-4)14-9(3)15-12/h6-7H,5H2,1-4H3,(H2,13,14,15,16,17). The van der Waals surface area contributed by atoms with Crippen molar-refractivity contribution >= 4 is 17.5 Å². The third-order valence-corrected chi connectivity index (χ3v) is 2.71. The van der Waals surface area contributed by atoms with E-state index in [1.165, 1.54) is 0 Å². The molecule has 2 aromatic rings. The van der Waals surface area contributed by atoms with Gasteiger partial charge in [-0.3, -0.25) is 4.68 Å². The second-order valence-electron chi connectivity index (χ2n) is 4.02. The number of anilines is 3. The lowest BCUT2D eigenvalue weighted by atomic mass is 10.3. The molecule has 0 aliphatic rings. The highest BCUT2D eigenvalue weighted by Gasteiger charge is 2.09. The highest BCUT2D eigenvalue weighted by atomic mass is 15.3. The average molecular weight is 246 g/mol. The number of nitrogens with zero attached hydrogens (tertiary/aromatic N) is 4. The van der Waals surface area contributed by atoms with Gasteiger partial charge < -0.3 is 10.6 Å². The van der Waals surface area contributed by atoms with E-state index in [-0.39, 0.29) is 0 Å². The van der Waals surface area contributed by atoms with Crippen LogP contribution in [0.4, 0.5) is 17.5 Å². The number of nitrogens with one attached hydrogen (secondary N) is 2. The van der Waals surface area contributed by atoms with Crippen LogP contribution in [0.3, 0.4) is 0 Å². The second-order valence-corrected chi connectivity index (χ2v) is 4.02. The highest BCUT2D eigenvalue weighted by molar-refractivity contribution is 5.62. The van der Waals surface area contributed by atoms with Crippen LogP contribution >= 0.6 is 0 Å². The molecule has 0 amide bonds. The van der Waals surface area contributed by atoms with Gasteiger partial charge in [-0.1, -0.05) is 0 Å². The van der Waals surface area contributed by atoms with Gasteiger partial charge in [-0.25, -0.2) is 9.97 Å². The highest BCUT2D eigenvalue weighted by Crippen LogP contribution is 2.22. The quantitative estimate of drug-likeness (QED) is 0.864. The van der Waals surface area contributed by atoms with Crippen LogP contribution in [0.5, 0.6) is 0 Å². The maximum absolute atomic E-state index is 4.40. The normalized spacial score (nSPS) is 10.4. The SMILES string of the molecule is CCn1ccc(Nc2nc(C)nc(NC)c2C)n1. The first-order valence-electron chi connectivity index (χ1n) is 5.97. The minimum Gasteiger partial charge on any atom is -0.373 e. The van der Waals surface area contributed by atoms with Crippen molar-refractivity contribution in [3.63, 3.8) is 0 Å². The summed E-state index contributed by atoms with van der Waals surface area (Å²) < 4.78 is 1.87. The maximum Gasteiger partial charge on any atom is 0.153 e. The Morgan fingerprint density at radius 2 is 1.94 bits per heavy atom. The molecule has 0 aliphatic carbocycles. The van der Waals surface area contributed by atoms with Gasteiger partial charge in [-0.2, -0.15) is 5.10 Å². The summed E-state index contributed by atoms with van der Waals surface area (Å²) in [6.45, 7) is 6.75. The Morgan fingerprint density at radius 1 is 1.22 bits per heavy atom. The summed E-state index contributed by atoms with van der Waals surface area (Å²) in [7, 11) is 1.85. The topological polar surface area (TPSA) is 67.7 Å². The molecule has 0 saturated carbocycles. The Morgan fingerprint density at radius 3 is 2.56 bits per heavy atom. The molecule has 0 unspecified atom stereocenters. The molecule has 6 nitrogen and oxygen atoms in total. The van der Waals surface area contributed by atoms with Crippen LogP contribution in [0.25, 0.3) is 0 Å². The molecule has 0 radical (unpaired) electrons. The summed E-state index contributed by atoms with van der Waals surface area (Å²) in [5, 5.41) is 10.7. The summed E-state index contributed by atoms with van der Waals surface area (Å²) in [5.74, 6) is 3.13. The van der Waals surface area contributed by atoms with Gasteiger partial charge in [0.1, 0.15) is 17.5 Å². The van der Waals surface area contributed by atoms with Crippen LogP contribution in [-0.4, -0.2) is 26.8 Å². The largest absolute Gasteiger partial charge is 0.373 e. The molecule has 0 saturated heterocycles. The third-order valence-electron chi connectivity index (χ3n) is 2.71. The van der Waals surface area contributed by atoms with Crippen molar-refractivity contribution in [1.82, 2.24) is 19.7 Å². The van der Waals surface area contributed by atoms with Crippen molar-refractivity contribution in [3.05, 3.63) is 23.7 Å². The van der Waals surface area contributed by atoms with Crippen molar-refractivity contribution in [1.29, 1.82) is 0 Å². The van der Waals surface area contributed by atoms with Gasteiger partial charge >= 0.3 is 0 Å². The van der Waals surface area contributed by atoms with Crippen molar-refractivity contribution < 1.29 is 0 Å². The van der Waals surface area contributed by atoms with E-state index in [0.717, 1.165) is 35.4 Å². The molecule has 18 heavy (non-hydrogen) atoms. The maximum atomic E-state index is 4.40. The molecule has 2 rings (SSSR count). The fourth-order valence-electron chi connectivity index (χ4n) is 1.72. The summed E-state index contributed by atoms with van der Waals surface area (Å²) >= 11 is 0. The van der Waals surface area contributed by atoms with Crippen molar-refractivity contribution in [2.24, 2.45) is 0 Å². The summed E-state index contributed by atoms with van der Waals surface area (Å²) in [5.41, 5.74) is 0.981. The average Bonchev–Trinajstić information content (AvgIpc) is 2.81. The summed E-state index contributed by atoms with van der Waals surface area (Å²) in [4.78, 5) is 8.73. The number of hydrogen-bond donors (Lipinski definition) is 2. The first kappa shape index (κ1) is 12.3. The number of aromatic nitrogens is 4. The van der Waals surface area contributed by atoms with Crippen molar-refractivity contribution in [2.45, 2.75) is 27.3 Å². The van der Waals surface area contributed by atoms with Gasteiger partial charge in [0.05, 0.1) is 0 Å². The Kier molecular flexibility index (Phi) is 3.45. The molecule has 0 aromatic carbocycles. The van der Waals surface area contributed by atoms with Gasteiger partial charge in [0, 0.05) is 31.4 Å². The van der Waals surface area contributed by atoms with E-state index in [1.54, 1.807) is 0 Å². The molecule has 0 fully saturated rings. The second kappa shape index (κ2) is 5.03. The van der Waals surface area contributed by atoms with Crippen LogP contribution in [0.1, 0.15) is 18.3 Å². The molecule has 0 atom stereocenters. The predicted molar refractivity (Wildman–Crippen MR) is 72.2 cm³/mol. The number of rotatable bonds is 4. The molecule has 0 spiro atoms. The van der Waals surface area contributed by atoms with E-state index in [1.807, 2.05) is 37.8 Å². The Labute approximate surface area is 106 Å². The zero-order valence-corrected chi connectivity index (χ0v) is 11.2. The van der Waals surface area contributed by atoms with Crippen LogP contribution in [-0.2, 0) is 6.54 Å². The molecule has 6 heteroatoms. The molecule has 96 valence electrons. The summed E-state index contributed by atoms with van der Waals surface area (Å²) in [6, 6.07) is 1.93. The van der Waals surface area contributed by atoms with Gasteiger partial charge in [0.25, 0.3) is 0 Å². The molecule has 0 aliphatic heterocycles. The lowest BCUT2D eigenvalue weighted by Gasteiger charge is -2.11. The summed E-state index contributed by atoms with van der Waals surface area (Å²) in [6.07, 6.45) is 1.94. The van der Waals surface area contributed by atoms with Crippen LogP contribution in [0.15, 0.2) is 12.3 Å². The minimum absolute atomic E-state index is 0.724. The Hall–Kier alpha value is -2.11. The molecule has 2 aromatic heterocycles. The van der Waals surface area contributed by atoms with Crippen molar-refractivity contribution in [2.75, 3.05) is 17.7 Å². The van der Waals surface area contributed by atoms with E-state index in [4.69, 9.17) is 0 Å². The lowest BCUT2D eigenvalue weighted by Crippen LogP contribution is -2.06. The fraction of sp³-hybridized carbons (Fsp3) is 0.417. The van der Waals surface area contributed by atoms with Gasteiger partial charge in [0.15, 0.2) is 5.82 Å². The molecular weight excluding hydrogens is 228 g/mol. The lowest BCUT2D eigenvalue weighted by molar-refractivity contribution is 0.662. The smallest absolute Gasteiger partial charge is 0.153 e. The van der Waals surface area contributed by atoms with E-state index in [9.17, 15) is 0 Å². The van der Waals surface area contributed by atoms with Crippen LogP contribution in [0.2, 0.25) is 0 Å². The molecular formula is C12H18N6. The third kappa shape index (κ3) is 2.42. The first-order chi connectivity index (χ1) is 8.63. The van der Waals surface area contributed by atoms with Gasteiger partial charge in [-0.05, 0) is 20.8 Å². The molecule has 0 bridgehead atoms. The zero-order valence-electron chi connectivity index (χ0n) is 11.2. The van der Waals surface area contributed by atoms with Gasteiger partial charge in [-0.15, -0.1) is 0 Å². The van der Waals surface area contributed by atoms with E-state index < -0.39 is 0 Å². The van der Waals surface area contributed by atoms with E-state index >= 15 is 0 Å². The molecule has 2 heterocycles. The first-order valence-corrected chi connectivity index (χ1v) is 5.97. The zero-order chi connectivity index (χ0) is 13.1. The number of aryl methyl sites for hydroxylation is 2. The Bertz CT molecular complexity index is 545. The fourth-order valence-corrected chi connectivity index (χ4v) is 1.72. The number of hydrogen-bond acceptors (Lipinski definition) is 5. The minimum atomic E-state index is 0.724. The van der Waals surface area contributed by atoms with Crippen LogP contribution in [0, 0.1) is 13.8 Å². The van der Waals surface area contributed by atoms with Crippen molar-refractivity contribution in [3.8, 4) is 0 Å². The van der Waals surface area contributed by atoms with Gasteiger partial charge in [0.2, 0.25) is 0 Å².